The Morgan fingerprint density at radius 1 is 1.50 bits per heavy atom. The Morgan fingerprint density at radius 2 is 2.17 bits per heavy atom. The number of alkyl halides is 1. The van der Waals surface area contributed by atoms with E-state index < -0.39 is 6.10 Å². The third kappa shape index (κ3) is 2.12. The van der Waals surface area contributed by atoms with Crippen molar-refractivity contribution in [2.45, 2.75) is 6.10 Å². The molecule has 0 saturated heterocycles. The van der Waals surface area contributed by atoms with E-state index in [-0.39, 0.29) is 10.8 Å². The summed E-state index contributed by atoms with van der Waals surface area (Å²) in [6, 6.07) is 4.64. The molecule has 0 saturated carbocycles. The molecule has 0 heterocycles. The van der Waals surface area contributed by atoms with Crippen LogP contribution in [0.5, 0.6) is 5.75 Å². The fourth-order valence-corrected chi connectivity index (χ4v) is 1.38. The average molecular weight is 252 g/mol. The molecule has 0 aliphatic carbocycles. The molecule has 0 radical (unpaired) electrons. The molecule has 2 nitrogen and oxygen atoms in total. The van der Waals surface area contributed by atoms with Crippen LogP contribution in [-0.2, 0) is 0 Å². The van der Waals surface area contributed by atoms with Gasteiger partial charge >= 0.3 is 0 Å². The first-order valence-electron chi connectivity index (χ1n) is 3.37. The lowest BCUT2D eigenvalue weighted by Gasteiger charge is -2.07. The molecule has 0 fully saturated rings. The second-order valence-electron chi connectivity index (χ2n) is 2.38. The van der Waals surface area contributed by atoms with Crippen molar-refractivity contribution in [3.05, 3.63) is 28.8 Å². The maximum atomic E-state index is 9.36. The number of hydrogen-bond acceptors (Lipinski definition) is 2. The molecule has 1 aromatic carbocycles. The number of aromatic hydroxyl groups is 1. The summed E-state index contributed by atoms with van der Waals surface area (Å²) in [6.45, 7) is 0. The van der Waals surface area contributed by atoms with Gasteiger partial charge in [-0.25, -0.2) is 0 Å². The number of phenolic OH excluding ortho intramolecular Hbond substituents is 1. The van der Waals surface area contributed by atoms with Crippen molar-refractivity contribution < 1.29 is 10.2 Å². The van der Waals surface area contributed by atoms with Crippen molar-refractivity contribution in [3.63, 3.8) is 0 Å². The lowest BCUT2D eigenvalue weighted by atomic mass is 10.1. The SMILES string of the molecule is Oc1ccc(C(O)CBr)cc1Cl. The Bertz CT molecular complexity index is 278. The maximum Gasteiger partial charge on any atom is 0.134 e. The zero-order valence-corrected chi connectivity index (χ0v) is 8.51. The second-order valence-corrected chi connectivity index (χ2v) is 3.44. The summed E-state index contributed by atoms with van der Waals surface area (Å²) in [7, 11) is 0. The predicted molar refractivity (Wildman–Crippen MR) is 51.9 cm³/mol. The standard InChI is InChI=1S/C8H8BrClO2/c9-4-8(12)5-1-2-7(11)6(10)3-5/h1-3,8,11-12H,4H2. The van der Waals surface area contributed by atoms with Gasteiger partial charge in [0.15, 0.2) is 0 Å². The third-order valence-electron chi connectivity index (χ3n) is 1.50. The van der Waals surface area contributed by atoms with Crippen LogP contribution in [0.25, 0.3) is 0 Å². The molecule has 0 bridgehead atoms. The van der Waals surface area contributed by atoms with E-state index in [9.17, 15) is 5.11 Å². The van der Waals surface area contributed by atoms with E-state index in [1.165, 1.54) is 6.07 Å². The van der Waals surface area contributed by atoms with Gasteiger partial charge in [-0.3, -0.25) is 0 Å². The number of halogens is 2. The van der Waals surface area contributed by atoms with Crippen molar-refractivity contribution in [2.24, 2.45) is 0 Å². The summed E-state index contributed by atoms with van der Waals surface area (Å²) in [6.07, 6.45) is -0.580. The molecule has 0 aliphatic rings. The highest BCUT2D eigenvalue weighted by Crippen LogP contribution is 2.26. The molecule has 66 valence electrons. The Balaban J connectivity index is 2.96. The molecular weight excluding hydrogens is 243 g/mol. The second kappa shape index (κ2) is 4.12. The normalized spacial score (nSPS) is 12.9. The van der Waals surface area contributed by atoms with E-state index in [0.717, 1.165) is 0 Å². The lowest BCUT2D eigenvalue weighted by Crippen LogP contribution is -1.97. The Labute approximate surface area is 83.9 Å². The summed E-state index contributed by atoms with van der Waals surface area (Å²) < 4.78 is 0. The molecule has 0 aliphatic heterocycles. The van der Waals surface area contributed by atoms with Gasteiger partial charge in [-0.15, -0.1) is 0 Å². The summed E-state index contributed by atoms with van der Waals surface area (Å²) in [4.78, 5) is 0. The number of aliphatic hydroxyl groups is 1. The van der Waals surface area contributed by atoms with Crippen molar-refractivity contribution in [1.29, 1.82) is 0 Å². The summed E-state index contributed by atoms with van der Waals surface area (Å²) in [5, 5.41) is 19.1. The molecule has 1 atom stereocenters. The highest BCUT2D eigenvalue weighted by atomic mass is 79.9. The van der Waals surface area contributed by atoms with Gasteiger partial charge < -0.3 is 10.2 Å². The van der Waals surface area contributed by atoms with Crippen LogP contribution in [0.3, 0.4) is 0 Å². The smallest absolute Gasteiger partial charge is 0.134 e. The molecule has 0 spiro atoms. The minimum Gasteiger partial charge on any atom is -0.506 e. The molecule has 1 unspecified atom stereocenters. The number of aliphatic hydroxyl groups excluding tert-OH is 1. The van der Waals surface area contributed by atoms with E-state index in [4.69, 9.17) is 16.7 Å². The molecular formula is C8H8BrClO2. The average Bonchev–Trinajstić information content (AvgIpc) is 2.08. The summed E-state index contributed by atoms with van der Waals surface area (Å²) in [5.74, 6) is 0.0298. The van der Waals surface area contributed by atoms with Gasteiger partial charge in [-0.1, -0.05) is 33.6 Å². The van der Waals surface area contributed by atoms with Gasteiger partial charge in [0.05, 0.1) is 11.1 Å². The Hall–Kier alpha value is -0.250. The number of rotatable bonds is 2. The first kappa shape index (κ1) is 9.84. The molecule has 0 aromatic heterocycles. The van der Waals surface area contributed by atoms with E-state index in [1.54, 1.807) is 12.1 Å². The van der Waals surface area contributed by atoms with E-state index in [1.807, 2.05) is 0 Å². The molecule has 12 heavy (non-hydrogen) atoms. The van der Waals surface area contributed by atoms with E-state index in [2.05, 4.69) is 15.9 Å². The van der Waals surface area contributed by atoms with Crippen molar-refractivity contribution >= 4 is 27.5 Å². The number of hydrogen-bond donors (Lipinski definition) is 2. The zero-order valence-electron chi connectivity index (χ0n) is 6.17. The Kier molecular flexibility index (Phi) is 3.38. The first-order chi connectivity index (χ1) is 5.65. The zero-order chi connectivity index (χ0) is 9.14. The molecule has 1 aromatic rings. The highest BCUT2D eigenvalue weighted by molar-refractivity contribution is 9.09. The lowest BCUT2D eigenvalue weighted by molar-refractivity contribution is 0.205. The fraction of sp³-hybridized carbons (Fsp3) is 0.250. The largest absolute Gasteiger partial charge is 0.506 e. The molecule has 2 N–H and O–H groups in total. The van der Waals surface area contributed by atoms with Gasteiger partial charge in [-0.2, -0.15) is 0 Å². The third-order valence-corrected chi connectivity index (χ3v) is 2.42. The van der Waals surface area contributed by atoms with Crippen LogP contribution in [0.2, 0.25) is 5.02 Å². The van der Waals surface area contributed by atoms with Crippen LogP contribution in [0.15, 0.2) is 18.2 Å². The quantitative estimate of drug-likeness (QED) is 0.793. The van der Waals surface area contributed by atoms with Crippen molar-refractivity contribution in [2.75, 3.05) is 5.33 Å². The van der Waals surface area contributed by atoms with Crippen molar-refractivity contribution in [1.82, 2.24) is 0 Å². The van der Waals surface area contributed by atoms with E-state index in [0.29, 0.717) is 10.9 Å². The monoisotopic (exact) mass is 250 g/mol. The first-order valence-corrected chi connectivity index (χ1v) is 4.87. The topological polar surface area (TPSA) is 40.5 Å². The van der Waals surface area contributed by atoms with Gasteiger partial charge in [0.1, 0.15) is 5.75 Å². The number of phenols is 1. The fourth-order valence-electron chi connectivity index (χ4n) is 0.820. The van der Waals surface area contributed by atoms with Crippen LogP contribution >= 0.6 is 27.5 Å². The van der Waals surface area contributed by atoms with Crippen LogP contribution in [-0.4, -0.2) is 15.5 Å². The molecule has 4 heteroatoms. The van der Waals surface area contributed by atoms with Crippen molar-refractivity contribution in [3.8, 4) is 5.75 Å². The summed E-state index contributed by atoms with van der Waals surface area (Å²) in [5.41, 5.74) is 0.690. The molecule has 1 rings (SSSR count). The van der Waals surface area contributed by atoms with Gasteiger partial charge in [0.25, 0.3) is 0 Å². The highest BCUT2D eigenvalue weighted by Gasteiger charge is 2.07. The number of benzene rings is 1. The minimum absolute atomic E-state index is 0.0298. The predicted octanol–water partition coefficient (Wildman–Crippen LogP) is 2.47. The van der Waals surface area contributed by atoms with Gasteiger partial charge in [-0.05, 0) is 17.7 Å². The van der Waals surface area contributed by atoms with Crippen LogP contribution in [0.4, 0.5) is 0 Å². The Morgan fingerprint density at radius 3 is 2.67 bits per heavy atom. The van der Waals surface area contributed by atoms with Crippen LogP contribution in [0.1, 0.15) is 11.7 Å². The maximum absolute atomic E-state index is 9.36. The van der Waals surface area contributed by atoms with Crippen LogP contribution in [0, 0.1) is 0 Å². The van der Waals surface area contributed by atoms with E-state index >= 15 is 0 Å². The summed E-state index contributed by atoms with van der Waals surface area (Å²) >= 11 is 8.78. The van der Waals surface area contributed by atoms with Crippen LogP contribution < -0.4 is 0 Å². The minimum atomic E-state index is -0.580. The molecule has 0 amide bonds. The van der Waals surface area contributed by atoms with Gasteiger partial charge in [0.2, 0.25) is 0 Å². The van der Waals surface area contributed by atoms with Gasteiger partial charge in [0, 0.05) is 5.33 Å².